The Morgan fingerprint density at radius 2 is 2.00 bits per heavy atom. The molecule has 1 heterocycles. The van der Waals surface area contributed by atoms with Crippen LogP contribution in [0.15, 0.2) is 83.9 Å². The topological polar surface area (TPSA) is 18.5 Å². The second-order valence-electron chi connectivity index (χ2n) is 4.60. The van der Waals surface area contributed by atoms with Crippen molar-refractivity contribution in [1.82, 2.24) is 0 Å². The van der Waals surface area contributed by atoms with Crippen LogP contribution in [0.3, 0.4) is 0 Å². The molecule has 2 nitrogen and oxygen atoms in total. The Labute approximate surface area is 119 Å². The first-order chi connectivity index (χ1) is 9.88. The molecule has 1 aliphatic carbocycles. The number of hydrogen-bond acceptors (Lipinski definition) is 2. The number of allylic oxidation sites excluding steroid dienone is 3. The van der Waals surface area contributed by atoms with Crippen LogP contribution in [-0.4, -0.2) is 13.2 Å². The first-order valence-electron chi connectivity index (χ1n) is 6.60. The standard InChI is InChI=1S/C18H16O2/c1-19-18-15(10-11-17-16(18)12-13-20-17)9-5-8-14-6-3-2-4-7-14/h2-13,17H,1H3. The minimum Gasteiger partial charge on any atom is -0.496 e. The minimum atomic E-state index is 0.000188. The average molecular weight is 264 g/mol. The molecule has 0 N–H and O–H groups in total. The summed E-state index contributed by atoms with van der Waals surface area (Å²) >= 11 is 0. The second kappa shape index (κ2) is 5.66. The van der Waals surface area contributed by atoms with Crippen molar-refractivity contribution in [3.63, 3.8) is 0 Å². The van der Waals surface area contributed by atoms with E-state index in [0.29, 0.717) is 0 Å². The van der Waals surface area contributed by atoms with Crippen LogP contribution in [0.25, 0.3) is 6.08 Å². The van der Waals surface area contributed by atoms with Gasteiger partial charge in [0.25, 0.3) is 0 Å². The van der Waals surface area contributed by atoms with Gasteiger partial charge in [-0.2, -0.15) is 0 Å². The maximum atomic E-state index is 5.52. The largest absolute Gasteiger partial charge is 0.496 e. The van der Waals surface area contributed by atoms with Gasteiger partial charge in [0, 0.05) is 11.1 Å². The van der Waals surface area contributed by atoms with E-state index in [9.17, 15) is 0 Å². The first kappa shape index (κ1) is 12.5. The van der Waals surface area contributed by atoms with Gasteiger partial charge in [-0.25, -0.2) is 0 Å². The molecule has 1 aromatic rings. The van der Waals surface area contributed by atoms with Crippen molar-refractivity contribution < 1.29 is 9.47 Å². The molecule has 0 amide bonds. The van der Waals surface area contributed by atoms with E-state index in [1.54, 1.807) is 13.4 Å². The molecule has 0 fully saturated rings. The molecule has 3 rings (SSSR count). The lowest BCUT2D eigenvalue weighted by Crippen LogP contribution is -2.12. The fraction of sp³-hybridized carbons (Fsp3) is 0.111. The summed E-state index contributed by atoms with van der Waals surface area (Å²) in [4.78, 5) is 0. The van der Waals surface area contributed by atoms with Crippen molar-refractivity contribution in [2.45, 2.75) is 6.10 Å². The van der Waals surface area contributed by atoms with E-state index in [0.717, 1.165) is 16.9 Å². The monoisotopic (exact) mass is 264 g/mol. The van der Waals surface area contributed by atoms with Gasteiger partial charge in [0.15, 0.2) is 0 Å². The van der Waals surface area contributed by atoms with Gasteiger partial charge in [0.1, 0.15) is 11.9 Å². The predicted octanol–water partition coefficient (Wildman–Crippen LogP) is 4.01. The number of fused-ring (bicyclic) bond motifs is 1. The van der Waals surface area contributed by atoms with Crippen LogP contribution < -0.4 is 0 Å². The summed E-state index contributed by atoms with van der Waals surface area (Å²) in [5.41, 5.74) is 3.31. The lowest BCUT2D eigenvalue weighted by atomic mass is 9.97. The zero-order valence-electron chi connectivity index (χ0n) is 11.3. The smallest absolute Gasteiger partial charge is 0.145 e. The Balaban J connectivity index is 1.85. The third-order valence-electron chi connectivity index (χ3n) is 3.32. The van der Waals surface area contributed by atoms with Crippen molar-refractivity contribution in [3.05, 3.63) is 89.4 Å². The molecule has 2 heteroatoms. The highest BCUT2D eigenvalue weighted by Crippen LogP contribution is 2.31. The summed E-state index contributed by atoms with van der Waals surface area (Å²) in [6, 6.07) is 10.2. The van der Waals surface area contributed by atoms with Gasteiger partial charge in [-0.15, -0.1) is 0 Å². The molecule has 0 bridgehead atoms. The van der Waals surface area contributed by atoms with Crippen LogP contribution in [0.4, 0.5) is 0 Å². The molecule has 1 aliphatic heterocycles. The van der Waals surface area contributed by atoms with E-state index in [4.69, 9.17) is 9.47 Å². The van der Waals surface area contributed by atoms with Crippen molar-refractivity contribution in [1.29, 1.82) is 0 Å². The summed E-state index contributed by atoms with van der Waals surface area (Å²) in [5, 5.41) is 0. The molecule has 2 aliphatic rings. The molecule has 20 heavy (non-hydrogen) atoms. The predicted molar refractivity (Wildman–Crippen MR) is 80.7 cm³/mol. The Morgan fingerprint density at radius 3 is 2.80 bits per heavy atom. The van der Waals surface area contributed by atoms with Crippen molar-refractivity contribution in [2.24, 2.45) is 0 Å². The summed E-state index contributed by atoms with van der Waals surface area (Å²) in [6.45, 7) is 0. The van der Waals surface area contributed by atoms with E-state index >= 15 is 0 Å². The van der Waals surface area contributed by atoms with Crippen LogP contribution in [-0.2, 0) is 9.47 Å². The highest BCUT2D eigenvalue weighted by molar-refractivity contribution is 5.56. The molecule has 0 radical (unpaired) electrons. The molecular formula is C18H16O2. The third kappa shape index (κ3) is 2.45. The first-order valence-corrected chi connectivity index (χ1v) is 6.60. The Bertz CT molecular complexity index is 631. The van der Waals surface area contributed by atoms with Gasteiger partial charge in [-0.1, -0.05) is 54.6 Å². The number of hydrogen-bond donors (Lipinski definition) is 0. The van der Waals surface area contributed by atoms with Crippen LogP contribution in [0.1, 0.15) is 5.56 Å². The van der Waals surface area contributed by atoms with E-state index in [2.05, 4.69) is 24.3 Å². The van der Waals surface area contributed by atoms with Gasteiger partial charge in [-0.05, 0) is 17.7 Å². The van der Waals surface area contributed by atoms with E-state index in [-0.39, 0.29) is 6.10 Å². The van der Waals surface area contributed by atoms with Gasteiger partial charge in [-0.3, -0.25) is 0 Å². The number of benzene rings is 1. The maximum absolute atomic E-state index is 5.52. The van der Waals surface area contributed by atoms with Crippen molar-refractivity contribution in [3.8, 4) is 0 Å². The highest BCUT2D eigenvalue weighted by atomic mass is 16.5. The summed E-state index contributed by atoms with van der Waals surface area (Å²) < 4.78 is 11.0. The Kier molecular flexibility index (Phi) is 3.55. The lowest BCUT2D eigenvalue weighted by molar-refractivity contribution is 0.224. The van der Waals surface area contributed by atoms with Crippen molar-refractivity contribution in [2.75, 3.05) is 7.11 Å². The molecule has 100 valence electrons. The molecule has 0 saturated heterocycles. The third-order valence-corrected chi connectivity index (χ3v) is 3.32. The number of rotatable bonds is 3. The van der Waals surface area contributed by atoms with Crippen molar-refractivity contribution >= 4 is 6.08 Å². The second-order valence-corrected chi connectivity index (χ2v) is 4.60. The van der Waals surface area contributed by atoms with Crippen LogP contribution >= 0.6 is 0 Å². The quantitative estimate of drug-likeness (QED) is 0.821. The van der Waals surface area contributed by atoms with Gasteiger partial charge in [0.2, 0.25) is 0 Å². The SMILES string of the molecule is COC1=C2C=COC2C=CC1=CC=Cc1ccccc1. The van der Waals surface area contributed by atoms with Crippen LogP contribution in [0, 0.1) is 0 Å². The Morgan fingerprint density at radius 1 is 1.15 bits per heavy atom. The fourth-order valence-corrected chi connectivity index (χ4v) is 2.35. The lowest BCUT2D eigenvalue weighted by Gasteiger charge is -2.18. The summed E-state index contributed by atoms with van der Waals surface area (Å²) in [6.07, 6.45) is 13.9. The van der Waals surface area contributed by atoms with Crippen LogP contribution in [0.2, 0.25) is 0 Å². The van der Waals surface area contributed by atoms with E-state index in [1.807, 2.05) is 42.5 Å². The molecule has 1 aromatic carbocycles. The van der Waals surface area contributed by atoms with Gasteiger partial charge < -0.3 is 9.47 Å². The summed E-state index contributed by atoms with van der Waals surface area (Å²) in [7, 11) is 1.69. The minimum absolute atomic E-state index is 0.000188. The van der Waals surface area contributed by atoms with Gasteiger partial charge in [0.05, 0.1) is 13.4 Å². The van der Waals surface area contributed by atoms with E-state index in [1.165, 1.54) is 5.56 Å². The molecular weight excluding hydrogens is 248 g/mol. The fourth-order valence-electron chi connectivity index (χ4n) is 2.35. The molecule has 1 unspecified atom stereocenters. The molecule has 0 saturated carbocycles. The molecule has 0 spiro atoms. The summed E-state index contributed by atoms with van der Waals surface area (Å²) in [5.74, 6) is 0.879. The average Bonchev–Trinajstić information content (AvgIpc) is 2.96. The number of methoxy groups -OCH3 is 1. The van der Waals surface area contributed by atoms with E-state index < -0.39 is 0 Å². The maximum Gasteiger partial charge on any atom is 0.145 e. The van der Waals surface area contributed by atoms with Gasteiger partial charge >= 0.3 is 0 Å². The normalized spacial score (nSPS) is 22.4. The van der Waals surface area contributed by atoms with Crippen LogP contribution in [0.5, 0.6) is 0 Å². The zero-order chi connectivity index (χ0) is 13.8. The zero-order valence-corrected chi connectivity index (χ0v) is 11.3. The molecule has 1 atom stereocenters. The molecule has 0 aromatic heterocycles. The number of ether oxygens (including phenoxy) is 2. The Hall–Kier alpha value is -2.48. The highest BCUT2D eigenvalue weighted by Gasteiger charge is 2.24.